The SMILES string of the molecule is CSc1nnc(NC(=O)COc2cccc(C)c2)n1C. The number of ether oxygens (including phenoxy) is 1. The molecular formula is C13H16N4O2S. The summed E-state index contributed by atoms with van der Waals surface area (Å²) in [7, 11) is 1.79. The van der Waals surface area contributed by atoms with Crippen LogP contribution in [0.3, 0.4) is 0 Å². The molecule has 0 aliphatic heterocycles. The summed E-state index contributed by atoms with van der Waals surface area (Å²) < 4.78 is 7.14. The van der Waals surface area contributed by atoms with Gasteiger partial charge in [-0.3, -0.25) is 14.7 Å². The average molecular weight is 292 g/mol. The molecule has 0 unspecified atom stereocenters. The fourth-order valence-electron chi connectivity index (χ4n) is 1.62. The number of aromatic nitrogens is 3. The molecule has 1 N–H and O–H groups in total. The molecule has 0 bridgehead atoms. The number of thioether (sulfide) groups is 1. The molecule has 0 saturated carbocycles. The summed E-state index contributed by atoms with van der Waals surface area (Å²) in [5.74, 6) is 0.810. The predicted octanol–water partition coefficient (Wildman–Crippen LogP) is 1.86. The van der Waals surface area contributed by atoms with E-state index in [1.54, 1.807) is 11.6 Å². The fraction of sp³-hybridized carbons (Fsp3) is 0.308. The van der Waals surface area contributed by atoms with Gasteiger partial charge in [0.25, 0.3) is 5.91 Å². The minimum absolute atomic E-state index is 0.0646. The Morgan fingerprint density at radius 1 is 1.45 bits per heavy atom. The van der Waals surface area contributed by atoms with Crippen LogP contribution in [0.4, 0.5) is 5.95 Å². The Morgan fingerprint density at radius 2 is 2.25 bits per heavy atom. The molecule has 0 spiro atoms. The smallest absolute Gasteiger partial charge is 0.264 e. The van der Waals surface area contributed by atoms with Crippen molar-refractivity contribution in [1.82, 2.24) is 14.8 Å². The van der Waals surface area contributed by atoms with Gasteiger partial charge in [0.15, 0.2) is 11.8 Å². The normalized spacial score (nSPS) is 10.3. The predicted molar refractivity (Wildman–Crippen MR) is 78.1 cm³/mol. The summed E-state index contributed by atoms with van der Waals surface area (Å²) in [5.41, 5.74) is 1.08. The summed E-state index contributed by atoms with van der Waals surface area (Å²) in [4.78, 5) is 11.8. The Kier molecular flexibility index (Phi) is 4.62. The van der Waals surface area contributed by atoms with Gasteiger partial charge in [0.2, 0.25) is 5.95 Å². The quantitative estimate of drug-likeness (QED) is 0.852. The molecule has 0 aliphatic rings. The van der Waals surface area contributed by atoms with E-state index >= 15 is 0 Å². The molecule has 0 fully saturated rings. The Bertz CT molecular complexity index is 612. The van der Waals surface area contributed by atoms with Crippen molar-refractivity contribution < 1.29 is 9.53 Å². The zero-order valence-electron chi connectivity index (χ0n) is 11.6. The van der Waals surface area contributed by atoms with Crippen LogP contribution in [0, 0.1) is 6.92 Å². The first-order valence-corrected chi connectivity index (χ1v) is 7.25. The van der Waals surface area contributed by atoms with Crippen molar-refractivity contribution in [2.24, 2.45) is 7.05 Å². The van der Waals surface area contributed by atoms with Crippen molar-refractivity contribution >= 4 is 23.6 Å². The highest BCUT2D eigenvalue weighted by Crippen LogP contribution is 2.15. The van der Waals surface area contributed by atoms with E-state index in [2.05, 4.69) is 15.5 Å². The van der Waals surface area contributed by atoms with Crippen LogP contribution >= 0.6 is 11.8 Å². The van der Waals surface area contributed by atoms with E-state index in [0.29, 0.717) is 11.7 Å². The number of anilines is 1. The van der Waals surface area contributed by atoms with Crippen LogP contribution < -0.4 is 10.1 Å². The molecule has 1 aromatic carbocycles. The molecule has 0 saturated heterocycles. The summed E-state index contributed by atoms with van der Waals surface area (Å²) in [6, 6.07) is 7.54. The van der Waals surface area contributed by atoms with E-state index in [-0.39, 0.29) is 12.5 Å². The first-order chi connectivity index (χ1) is 9.60. The highest BCUT2D eigenvalue weighted by atomic mass is 32.2. The van der Waals surface area contributed by atoms with E-state index in [1.165, 1.54) is 11.8 Å². The number of nitrogens with one attached hydrogen (secondary N) is 1. The molecule has 1 aromatic heterocycles. The third-order valence-corrected chi connectivity index (χ3v) is 3.35. The zero-order valence-corrected chi connectivity index (χ0v) is 12.4. The van der Waals surface area contributed by atoms with Crippen molar-refractivity contribution in [3.8, 4) is 5.75 Å². The maximum atomic E-state index is 11.8. The van der Waals surface area contributed by atoms with Gasteiger partial charge in [0.1, 0.15) is 5.75 Å². The van der Waals surface area contributed by atoms with E-state index < -0.39 is 0 Å². The molecule has 20 heavy (non-hydrogen) atoms. The lowest BCUT2D eigenvalue weighted by Gasteiger charge is -2.07. The number of carbonyl (C=O) groups is 1. The number of amides is 1. The lowest BCUT2D eigenvalue weighted by atomic mass is 10.2. The first-order valence-electron chi connectivity index (χ1n) is 6.03. The van der Waals surface area contributed by atoms with E-state index in [0.717, 1.165) is 10.7 Å². The molecular weight excluding hydrogens is 276 g/mol. The van der Waals surface area contributed by atoms with Crippen LogP contribution in [0.5, 0.6) is 5.75 Å². The minimum atomic E-state index is -0.269. The molecule has 0 atom stereocenters. The standard InChI is InChI=1S/C13H16N4O2S/c1-9-5-4-6-10(7-9)19-8-11(18)14-12-15-16-13(20-3)17(12)2/h4-7H,8H2,1-3H3,(H,14,15,18). The lowest BCUT2D eigenvalue weighted by Crippen LogP contribution is -2.22. The minimum Gasteiger partial charge on any atom is -0.484 e. The molecule has 1 heterocycles. The van der Waals surface area contributed by atoms with Crippen LogP contribution in [0.25, 0.3) is 0 Å². The summed E-state index contributed by atoms with van der Waals surface area (Å²) in [5, 5.41) is 11.2. The maximum Gasteiger partial charge on any atom is 0.264 e. The molecule has 0 aliphatic carbocycles. The number of hydrogen-bond donors (Lipinski definition) is 1. The van der Waals surface area contributed by atoms with Crippen molar-refractivity contribution in [3.05, 3.63) is 29.8 Å². The Balaban J connectivity index is 1.91. The van der Waals surface area contributed by atoms with Crippen molar-refractivity contribution in [1.29, 1.82) is 0 Å². The second-order valence-electron chi connectivity index (χ2n) is 4.22. The van der Waals surface area contributed by atoms with Gasteiger partial charge in [0.05, 0.1) is 0 Å². The zero-order chi connectivity index (χ0) is 14.5. The Labute approximate surface area is 121 Å². The van der Waals surface area contributed by atoms with Crippen LogP contribution in [0.1, 0.15) is 5.56 Å². The van der Waals surface area contributed by atoms with Gasteiger partial charge in [-0.15, -0.1) is 10.2 Å². The van der Waals surface area contributed by atoms with Gasteiger partial charge in [-0.25, -0.2) is 0 Å². The molecule has 1 amide bonds. The van der Waals surface area contributed by atoms with Gasteiger partial charge in [0, 0.05) is 7.05 Å². The number of benzene rings is 1. The second-order valence-corrected chi connectivity index (χ2v) is 5.00. The molecule has 2 aromatic rings. The van der Waals surface area contributed by atoms with Gasteiger partial charge in [-0.2, -0.15) is 0 Å². The van der Waals surface area contributed by atoms with Crippen LogP contribution in [0.2, 0.25) is 0 Å². The maximum absolute atomic E-state index is 11.8. The van der Waals surface area contributed by atoms with E-state index in [9.17, 15) is 4.79 Å². The summed E-state index contributed by atoms with van der Waals surface area (Å²) in [6.45, 7) is 1.90. The van der Waals surface area contributed by atoms with Crippen LogP contribution in [0.15, 0.2) is 29.4 Å². The number of hydrogen-bond acceptors (Lipinski definition) is 5. The molecule has 0 radical (unpaired) electrons. The summed E-state index contributed by atoms with van der Waals surface area (Å²) in [6.07, 6.45) is 1.90. The van der Waals surface area contributed by atoms with Gasteiger partial charge in [-0.05, 0) is 30.9 Å². The van der Waals surface area contributed by atoms with Gasteiger partial charge >= 0.3 is 0 Å². The van der Waals surface area contributed by atoms with Crippen LogP contribution in [-0.2, 0) is 11.8 Å². The van der Waals surface area contributed by atoms with Crippen molar-refractivity contribution in [2.75, 3.05) is 18.2 Å². The van der Waals surface area contributed by atoms with Crippen molar-refractivity contribution in [2.45, 2.75) is 12.1 Å². The molecule has 106 valence electrons. The second kappa shape index (κ2) is 6.42. The fourth-order valence-corrected chi connectivity index (χ4v) is 2.10. The highest BCUT2D eigenvalue weighted by Gasteiger charge is 2.11. The largest absolute Gasteiger partial charge is 0.484 e. The molecule has 7 heteroatoms. The van der Waals surface area contributed by atoms with Gasteiger partial charge in [-0.1, -0.05) is 23.9 Å². The number of carbonyl (C=O) groups excluding carboxylic acids is 1. The topological polar surface area (TPSA) is 69.0 Å². The van der Waals surface area contributed by atoms with Crippen LogP contribution in [-0.4, -0.2) is 33.5 Å². The highest BCUT2D eigenvalue weighted by molar-refractivity contribution is 7.98. The van der Waals surface area contributed by atoms with E-state index in [4.69, 9.17) is 4.74 Å². The molecule has 6 nitrogen and oxygen atoms in total. The molecule has 2 rings (SSSR count). The van der Waals surface area contributed by atoms with Gasteiger partial charge < -0.3 is 4.74 Å². The monoisotopic (exact) mass is 292 g/mol. The Hall–Kier alpha value is -2.02. The third kappa shape index (κ3) is 3.51. The third-order valence-electron chi connectivity index (χ3n) is 2.63. The number of rotatable bonds is 5. The van der Waals surface area contributed by atoms with E-state index in [1.807, 2.05) is 37.4 Å². The average Bonchev–Trinajstić information content (AvgIpc) is 2.77. The number of aryl methyl sites for hydroxylation is 1. The first kappa shape index (κ1) is 14.4. The number of nitrogens with zero attached hydrogens (tertiary/aromatic N) is 3. The lowest BCUT2D eigenvalue weighted by molar-refractivity contribution is -0.118. The van der Waals surface area contributed by atoms with Crippen molar-refractivity contribution in [3.63, 3.8) is 0 Å². The Morgan fingerprint density at radius 3 is 2.90 bits per heavy atom. The summed E-state index contributed by atoms with van der Waals surface area (Å²) >= 11 is 1.46.